The maximum Gasteiger partial charge on any atom is 0.300 e. The van der Waals surface area contributed by atoms with Gasteiger partial charge in [-0.2, -0.15) is 0 Å². The summed E-state index contributed by atoms with van der Waals surface area (Å²) in [7, 11) is 3.85. The van der Waals surface area contributed by atoms with Crippen LogP contribution in [-0.2, 0) is 9.59 Å². The van der Waals surface area contributed by atoms with Gasteiger partial charge in [-0.3, -0.25) is 19.5 Å². The van der Waals surface area contributed by atoms with E-state index >= 15 is 0 Å². The Kier molecular flexibility index (Phi) is 6.36. The van der Waals surface area contributed by atoms with Crippen LogP contribution in [0.4, 0.5) is 11.4 Å². The van der Waals surface area contributed by atoms with Crippen LogP contribution in [0.15, 0.2) is 78.6 Å². The van der Waals surface area contributed by atoms with Gasteiger partial charge in [0.25, 0.3) is 11.7 Å². The Hall–Kier alpha value is -4.13. The lowest BCUT2D eigenvalue weighted by atomic mass is 9.95. The number of Topliss-reactive ketones (excluding diaryl/α,β-unsaturated/α-hetero) is 1. The molecule has 1 aliphatic heterocycles. The van der Waals surface area contributed by atoms with Gasteiger partial charge in [0.1, 0.15) is 11.5 Å². The Labute approximate surface area is 198 Å². The smallest absolute Gasteiger partial charge is 0.300 e. The number of ketones is 1. The fourth-order valence-electron chi connectivity index (χ4n) is 4.02. The minimum Gasteiger partial charge on any atom is -0.507 e. The van der Waals surface area contributed by atoms with E-state index in [9.17, 15) is 14.7 Å². The van der Waals surface area contributed by atoms with Crippen LogP contribution >= 0.6 is 0 Å². The van der Waals surface area contributed by atoms with E-state index in [0.717, 1.165) is 5.69 Å². The van der Waals surface area contributed by atoms with Crippen LogP contribution in [-0.4, -0.2) is 42.0 Å². The number of hydrogen-bond acceptors (Lipinski definition) is 6. The number of rotatable bonds is 6. The number of carbonyl (C=O) groups is 2. The highest BCUT2D eigenvalue weighted by Crippen LogP contribution is 2.42. The molecule has 1 saturated heterocycles. The minimum absolute atomic E-state index is 0.0228. The van der Waals surface area contributed by atoms with Crippen molar-refractivity contribution < 1.29 is 19.4 Å². The van der Waals surface area contributed by atoms with Crippen molar-refractivity contribution in [2.24, 2.45) is 0 Å². The van der Waals surface area contributed by atoms with E-state index in [0.29, 0.717) is 22.6 Å². The minimum atomic E-state index is -0.803. The van der Waals surface area contributed by atoms with Gasteiger partial charge < -0.3 is 14.7 Å². The molecular weight excluding hydrogens is 430 g/mol. The summed E-state index contributed by atoms with van der Waals surface area (Å²) in [6.45, 7) is 3.81. The second-order valence-electron chi connectivity index (χ2n) is 8.55. The Bertz CT molecular complexity index is 1230. The molecule has 1 unspecified atom stereocenters. The van der Waals surface area contributed by atoms with Gasteiger partial charge in [0.15, 0.2) is 0 Å². The average Bonchev–Trinajstić information content (AvgIpc) is 3.09. The van der Waals surface area contributed by atoms with Gasteiger partial charge in [-0.05, 0) is 67.9 Å². The summed E-state index contributed by atoms with van der Waals surface area (Å²) in [5, 5.41) is 11.3. The van der Waals surface area contributed by atoms with Gasteiger partial charge in [0, 0.05) is 43.4 Å². The highest BCUT2D eigenvalue weighted by Gasteiger charge is 2.47. The van der Waals surface area contributed by atoms with Crippen LogP contribution in [0.5, 0.6) is 5.75 Å². The second-order valence-corrected chi connectivity index (χ2v) is 8.55. The predicted molar refractivity (Wildman–Crippen MR) is 132 cm³/mol. The Morgan fingerprint density at radius 2 is 1.71 bits per heavy atom. The van der Waals surface area contributed by atoms with Crippen molar-refractivity contribution in [3.63, 3.8) is 0 Å². The molecule has 2 aromatic carbocycles. The fourth-order valence-corrected chi connectivity index (χ4v) is 4.02. The number of nitrogens with zero attached hydrogens (tertiary/aromatic N) is 3. The quantitative estimate of drug-likeness (QED) is 0.332. The predicted octanol–water partition coefficient (Wildman–Crippen LogP) is 4.56. The number of anilines is 2. The van der Waals surface area contributed by atoms with Crippen molar-refractivity contribution in [2.45, 2.75) is 26.0 Å². The van der Waals surface area contributed by atoms with Crippen molar-refractivity contribution >= 4 is 28.8 Å². The van der Waals surface area contributed by atoms with Crippen molar-refractivity contribution in [3.05, 3.63) is 89.8 Å². The maximum absolute atomic E-state index is 13.3. The topological polar surface area (TPSA) is 83.0 Å². The van der Waals surface area contributed by atoms with Crippen molar-refractivity contribution in [1.82, 2.24) is 4.98 Å². The first-order chi connectivity index (χ1) is 16.3. The third kappa shape index (κ3) is 4.37. The van der Waals surface area contributed by atoms with Crippen LogP contribution in [0.25, 0.3) is 5.76 Å². The molecular formula is C27H27N3O4. The molecule has 4 rings (SSSR count). The number of amides is 1. The summed E-state index contributed by atoms with van der Waals surface area (Å²) in [6.07, 6.45) is 3.15. The normalized spacial score (nSPS) is 17.3. The number of ether oxygens (including phenoxy) is 1. The molecule has 7 heteroatoms. The summed E-state index contributed by atoms with van der Waals surface area (Å²) in [5.74, 6) is -1.13. The molecule has 1 N–H and O–H groups in total. The van der Waals surface area contributed by atoms with Crippen LogP contribution in [0.2, 0.25) is 0 Å². The first-order valence-corrected chi connectivity index (χ1v) is 11.0. The van der Waals surface area contributed by atoms with E-state index in [1.165, 1.54) is 4.90 Å². The van der Waals surface area contributed by atoms with E-state index in [2.05, 4.69) is 4.98 Å². The fraction of sp³-hybridized carbons (Fsp3) is 0.222. The lowest BCUT2D eigenvalue weighted by Gasteiger charge is -2.26. The molecule has 7 nitrogen and oxygen atoms in total. The third-order valence-electron chi connectivity index (χ3n) is 5.59. The molecule has 34 heavy (non-hydrogen) atoms. The van der Waals surface area contributed by atoms with Crippen molar-refractivity contribution in [1.29, 1.82) is 0 Å². The lowest BCUT2D eigenvalue weighted by Crippen LogP contribution is -2.29. The van der Waals surface area contributed by atoms with Gasteiger partial charge in [0.2, 0.25) is 0 Å². The molecule has 3 aromatic rings. The van der Waals surface area contributed by atoms with Crippen LogP contribution in [0.1, 0.15) is 31.0 Å². The van der Waals surface area contributed by atoms with Gasteiger partial charge in [-0.25, -0.2) is 0 Å². The number of aliphatic hydroxyl groups excluding tert-OH is 1. The summed E-state index contributed by atoms with van der Waals surface area (Å²) in [6, 6.07) is 16.9. The standard InChI is InChI=1S/C27H27N3O4/c1-17(2)34-22-7-5-6-19(16-22)25(31)23-24(18-12-14-28-15-13-18)30(27(33)26(23)32)21-10-8-20(9-11-21)29(3)4/h5-17,24,31H,1-4H3/b25-23-. The second kappa shape index (κ2) is 9.39. The number of carbonyl (C=O) groups excluding carboxylic acids is 2. The summed E-state index contributed by atoms with van der Waals surface area (Å²) in [5.41, 5.74) is 2.61. The zero-order chi connectivity index (χ0) is 24.4. The van der Waals surface area contributed by atoms with E-state index in [4.69, 9.17) is 4.74 Å². The maximum atomic E-state index is 13.3. The Morgan fingerprint density at radius 3 is 2.32 bits per heavy atom. The first kappa shape index (κ1) is 23.0. The largest absolute Gasteiger partial charge is 0.507 e. The molecule has 1 amide bonds. The van der Waals surface area contributed by atoms with Gasteiger partial charge >= 0.3 is 0 Å². The van der Waals surface area contributed by atoms with Crippen LogP contribution in [0, 0.1) is 0 Å². The zero-order valence-corrected chi connectivity index (χ0v) is 19.6. The Balaban J connectivity index is 1.86. The zero-order valence-electron chi connectivity index (χ0n) is 19.6. The van der Waals surface area contributed by atoms with Gasteiger partial charge in [0.05, 0.1) is 17.7 Å². The summed E-state index contributed by atoms with van der Waals surface area (Å²) < 4.78 is 5.74. The van der Waals surface area contributed by atoms with Gasteiger partial charge in [-0.1, -0.05) is 12.1 Å². The summed E-state index contributed by atoms with van der Waals surface area (Å²) >= 11 is 0. The average molecular weight is 458 g/mol. The molecule has 1 aliphatic rings. The summed E-state index contributed by atoms with van der Waals surface area (Å²) in [4.78, 5) is 33.9. The Morgan fingerprint density at radius 1 is 1.03 bits per heavy atom. The molecule has 0 saturated carbocycles. The first-order valence-electron chi connectivity index (χ1n) is 11.0. The molecule has 174 valence electrons. The molecule has 1 atom stereocenters. The van der Waals surface area contributed by atoms with Crippen molar-refractivity contribution in [2.75, 3.05) is 23.9 Å². The van der Waals surface area contributed by atoms with Crippen molar-refractivity contribution in [3.8, 4) is 5.75 Å². The van der Waals surface area contributed by atoms with E-state index in [-0.39, 0.29) is 17.4 Å². The van der Waals surface area contributed by atoms with Gasteiger partial charge in [-0.15, -0.1) is 0 Å². The van der Waals surface area contributed by atoms with E-state index < -0.39 is 17.7 Å². The number of benzene rings is 2. The van der Waals surface area contributed by atoms with E-state index in [1.54, 1.807) is 60.9 Å². The number of hydrogen-bond donors (Lipinski definition) is 1. The molecule has 1 fully saturated rings. The molecule has 1 aromatic heterocycles. The number of aromatic nitrogens is 1. The monoisotopic (exact) mass is 457 g/mol. The third-order valence-corrected chi connectivity index (χ3v) is 5.59. The molecule has 0 radical (unpaired) electrons. The molecule has 0 bridgehead atoms. The molecule has 0 spiro atoms. The highest BCUT2D eigenvalue weighted by molar-refractivity contribution is 6.51. The SMILES string of the molecule is CC(C)Oc1cccc(/C(O)=C2/C(=O)C(=O)N(c3ccc(N(C)C)cc3)C2c2ccncc2)c1. The number of pyridine rings is 1. The van der Waals surface area contributed by atoms with E-state index in [1.807, 2.05) is 45.0 Å². The van der Waals surface area contributed by atoms with Crippen LogP contribution < -0.4 is 14.5 Å². The molecule has 0 aliphatic carbocycles. The highest BCUT2D eigenvalue weighted by atomic mass is 16.5. The number of aliphatic hydroxyl groups is 1. The molecule has 2 heterocycles. The lowest BCUT2D eigenvalue weighted by molar-refractivity contribution is -0.132. The van der Waals surface area contributed by atoms with Crippen LogP contribution in [0.3, 0.4) is 0 Å².